The van der Waals surface area contributed by atoms with Crippen LogP contribution in [0.5, 0.6) is 0 Å². The van der Waals surface area contributed by atoms with Crippen LogP contribution >= 0.6 is 0 Å². The Bertz CT molecular complexity index is 2270. The Labute approximate surface area is 276 Å². The third kappa shape index (κ3) is 5.95. The lowest BCUT2D eigenvalue weighted by Crippen LogP contribution is -2.10. The Balaban J connectivity index is 1.20. The fraction of sp³-hybridized carbons (Fsp3) is 0. The number of fused-ring (bicyclic) bond motifs is 1. The maximum Gasteiger partial charge on any atom is 0.0467 e. The second-order valence-electron chi connectivity index (χ2n) is 11.9. The van der Waals surface area contributed by atoms with Crippen molar-refractivity contribution in [1.82, 2.24) is 0 Å². The number of anilines is 3. The Kier molecular flexibility index (Phi) is 7.63. The monoisotopic (exact) mass is 599 g/mol. The zero-order valence-electron chi connectivity index (χ0n) is 26.0. The largest absolute Gasteiger partial charge is 0.310 e. The maximum atomic E-state index is 2.36. The van der Waals surface area contributed by atoms with Crippen LogP contribution in [0.15, 0.2) is 200 Å². The lowest BCUT2D eigenvalue weighted by atomic mass is 9.99. The molecule has 1 nitrogen and oxygen atoms in total. The fourth-order valence-electron chi connectivity index (χ4n) is 6.38. The van der Waals surface area contributed by atoms with Gasteiger partial charge in [-0.25, -0.2) is 0 Å². The first-order valence-corrected chi connectivity index (χ1v) is 16.1. The zero-order valence-corrected chi connectivity index (χ0v) is 26.0. The third-order valence-corrected chi connectivity index (χ3v) is 8.85. The van der Waals surface area contributed by atoms with Crippen LogP contribution in [0, 0.1) is 0 Å². The van der Waals surface area contributed by atoms with Crippen molar-refractivity contribution in [2.45, 2.75) is 0 Å². The van der Waals surface area contributed by atoms with E-state index in [-0.39, 0.29) is 0 Å². The average Bonchev–Trinajstić information content (AvgIpc) is 3.16. The van der Waals surface area contributed by atoms with E-state index in [9.17, 15) is 0 Å². The SMILES string of the molecule is c1ccc(-c2ccc(-c3cccc(N(c4ccc(-c5ccccc5)cc4)c4cccc(-c5ccc6ccccc6c5)c4)c3)cc2)cc1. The van der Waals surface area contributed by atoms with Crippen molar-refractivity contribution in [2.75, 3.05) is 4.90 Å². The van der Waals surface area contributed by atoms with Crippen molar-refractivity contribution < 1.29 is 0 Å². The second-order valence-corrected chi connectivity index (χ2v) is 11.9. The maximum absolute atomic E-state index is 2.36. The number of hydrogen-bond acceptors (Lipinski definition) is 1. The summed E-state index contributed by atoms with van der Waals surface area (Å²) >= 11 is 0. The summed E-state index contributed by atoms with van der Waals surface area (Å²) in [5, 5.41) is 2.50. The summed E-state index contributed by atoms with van der Waals surface area (Å²) in [4.78, 5) is 2.36. The molecule has 0 fully saturated rings. The molecule has 8 aromatic rings. The molecule has 0 aromatic heterocycles. The van der Waals surface area contributed by atoms with E-state index >= 15 is 0 Å². The van der Waals surface area contributed by atoms with E-state index in [0.717, 1.165) is 17.1 Å². The minimum Gasteiger partial charge on any atom is -0.310 e. The van der Waals surface area contributed by atoms with Gasteiger partial charge in [0.15, 0.2) is 0 Å². The van der Waals surface area contributed by atoms with Crippen molar-refractivity contribution in [3.05, 3.63) is 200 Å². The molecule has 0 bridgehead atoms. The highest BCUT2D eigenvalue weighted by Gasteiger charge is 2.15. The number of nitrogens with zero attached hydrogens (tertiary/aromatic N) is 1. The van der Waals surface area contributed by atoms with E-state index in [1.165, 1.54) is 55.3 Å². The van der Waals surface area contributed by atoms with Gasteiger partial charge in [-0.05, 0) is 97.7 Å². The van der Waals surface area contributed by atoms with E-state index < -0.39 is 0 Å². The molecule has 0 aliphatic carbocycles. The Morgan fingerprint density at radius 3 is 1.17 bits per heavy atom. The van der Waals surface area contributed by atoms with E-state index in [1.807, 2.05) is 0 Å². The number of rotatable bonds is 7. The molecule has 0 saturated heterocycles. The summed E-state index contributed by atoms with van der Waals surface area (Å²) in [6, 6.07) is 71.9. The minimum absolute atomic E-state index is 1.11. The molecule has 0 aliphatic heterocycles. The first kappa shape index (κ1) is 28.3. The molecule has 1 heteroatoms. The van der Waals surface area contributed by atoms with Crippen LogP contribution in [0.4, 0.5) is 17.1 Å². The van der Waals surface area contributed by atoms with E-state index in [1.54, 1.807) is 0 Å². The molecule has 0 N–H and O–H groups in total. The molecular formula is C46H33N. The van der Waals surface area contributed by atoms with Crippen molar-refractivity contribution in [1.29, 1.82) is 0 Å². The predicted molar refractivity (Wildman–Crippen MR) is 200 cm³/mol. The van der Waals surface area contributed by atoms with Gasteiger partial charge in [0.1, 0.15) is 0 Å². The van der Waals surface area contributed by atoms with Gasteiger partial charge in [-0.15, -0.1) is 0 Å². The van der Waals surface area contributed by atoms with Crippen molar-refractivity contribution >= 4 is 27.8 Å². The highest BCUT2D eigenvalue weighted by molar-refractivity contribution is 5.89. The number of hydrogen-bond donors (Lipinski definition) is 0. The Hall–Kier alpha value is -6.18. The average molecular weight is 600 g/mol. The standard InChI is InChI=1S/C46H33N/c1-3-11-34(12-4-1)37-21-23-39(24-22-37)41-17-9-19-45(32-41)47(44-29-27-38(28-30-44)35-13-5-2-6-14-35)46-20-10-18-42(33-46)43-26-25-36-15-7-8-16-40(36)31-43/h1-33H. The third-order valence-electron chi connectivity index (χ3n) is 8.85. The zero-order chi connectivity index (χ0) is 31.4. The minimum atomic E-state index is 1.11. The summed E-state index contributed by atoms with van der Waals surface area (Å²) in [6.45, 7) is 0. The molecular weight excluding hydrogens is 567 g/mol. The van der Waals surface area contributed by atoms with Gasteiger partial charge in [0.25, 0.3) is 0 Å². The molecule has 0 heterocycles. The van der Waals surface area contributed by atoms with Crippen molar-refractivity contribution in [3.63, 3.8) is 0 Å². The van der Waals surface area contributed by atoms with Gasteiger partial charge in [0.05, 0.1) is 0 Å². The van der Waals surface area contributed by atoms with Crippen molar-refractivity contribution in [2.24, 2.45) is 0 Å². The van der Waals surface area contributed by atoms with Gasteiger partial charge in [-0.2, -0.15) is 0 Å². The van der Waals surface area contributed by atoms with Gasteiger partial charge in [0, 0.05) is 17.1 Å². The van der Waals surface area contributed by atoms with Gasteiger partial charge >= 0.3 is 0 Å². The summed E-state index contributed by atoms with van der Waals surface area (Å²) in [5.41, 5.74) is 12.9. The molecule has 0 atom stereocenters. The summed E-state index contributed by atoms with van der Waals surface area (Å²) in [6.07, 6.45) is 0. The molecule has 0 unspecified atom stereocenters. The fourth-order valence-corrected chi connectivity index (χ4v) is 6.38. The first-order valence-electron chi connectivity index (χ1n) is 16.1. The molecule has 0 spiro atoms. The summed E-state index contributed by atoms with van der Waals surface area (Å²) in [5.74, 6) is 0. The quantitative estimate of drug-likeness (QED) is 0.176. The molecule has 47 heavy (non-hydrogen) atoms. The smallest absolute Gasteiger partial charge is 0.0467 e. The predicted octanol–water partition coefficient (Wildman–Crippen LogP) is 13.0. The molecule has 8 rings (SSSR count). The normalized spacial score (nSPS) is 11.0. The summed E-state index contributed by atoms with van der Waals surface area (Å²) < 4.78 is 0. The second kappa shape index (κ2) is 12.7. The van der Waals surface area contributed by atoms with Crippen molar-refractivity contribution in [3.8, 4) is 44.5 Å². The Morgan fingerprint density at radius 1 is 0.213 bits per heavy atom. The van der Waals surface area contributed by atoms with Crippen LogP contribution < -0.4 is 4.90 Å². The number of benzene rings is 8. The lowest BCUT2D eigenvalue weighted by Gasteiger charge is -2.27. The van der Waals surface area contributed by atoms with Gasteiger partial charge in [0.2, 0.25) is 0 Å². The van der Waals surface area contributed by atoms with Crippen LogP contribution in [0.25, 0.3) is 55.3 Å². The molecule has 0 saturated carbocycles. The van der Waals surface area contributed by atoms with Crippen LogP contribution in [0.2, 0.25) is 0 Å². The van der Waals surface area contributed by atoms with Crippen LogP contribution in [0.3, 0.4) is 0 Å². The van der Waals surface area contributed by atoms with Crippen LogP contribution in [-0.2, 0) is 0 Å². The van der Waals surface area contributed by atoms with Crippen LogP contribution in [-0.4, -0.2) is 0 Å². The van der Waals surface area contributed by atoms with E-state index in [2.05, 4.69) is 205 Å². The molecule has 222 valence electrons. The van der Waals surface area contributed by atoms with Gasteiger partial charge in [-0.3, -0.25) is 0 Å². The van der Waals surface area contributed by atoms with E-state index in [4.69, 9.17) is 0 Å². The Morgan fingerprint density at radius 2 is 0.596 bits per heavy atom. The summed E-state index contributed by atoms with van der Waals surface area (Å²) in [7, 11) is 0. The van der Waals surface area contributed by atoms with Gasteiger partial charge in [-0.1, -0.05) is 158 Å². The molecule has 0 aliphatic rings. The van der Waals surface area contributed by atoms with E-state index in [0.29, 0.717) is 0 Å². The highest BCUT2D eigenvalue weighted by Crippen LogP contribution is 2.39. The molecule has 0 amide bonds. The van der Waals surface area contributed by atoms with Gasteiger partial charge < -0.3 is 4.90 Å². The molecule has 8 aromatic carbocycles. The topological polar surface area (TPSA) is 3.24 Å². The first-order chi connectivity index (χ1) is 23.3. The lowest BCUT2D eigenvalue weighted by molar-refractivity contribution is 1.28. The highest BCUT2D eigenvalue weighted by atomic mass is 15.1. The molecule has 0 radical (unpaired) electrons. The van der Waals surface area contributed by atoms with Crippen LogP contribution in [0.1, 0.15) is 0 Å².